The van der Waals surface area contributed by atoms with Gasteiger partial charge in [-0.3, -0.25) is 0 Å². The molecule has 1 fully saturated rings. The number of fused-ring (bicyclic) bond motifs is 3. The van der Waals surface area contributed by atoms with Gasteiger partial charge in [-0.25, -0.2) is 4.98 Å². The number of aromatic nitrogens is 2. The van der Waals surface area contributed by atoms with E-state index in [-0.39, 0.29) is 12.4 Å². The van der Waals surface area contributed by atoms with Crippen molar-refractivity contribution in [3.05, 3.63) is 71.4 Å². The summed E-state index contributed by atoms with van der Waals surface area (Å²) in [5, 5.41) is 10.3. The number of rotatable bonds is 5. The minimum atomic E-state index is 0. The van der Waals surface area contributed by atoms with Crippen LogP contribution >= 0.6 is 24.0 Å². The Hall–Kier alpha value is -2.27. The van der Waals surface area contributed by atoms with Gasteiger partial charge in [0.15, 0.2) is 0 Å². The molecule has 2 N–H and O–H groups in total. The smallest absolute Gasteiger partial charge is 0.136 e. The molecule has 1 aliphatic heterocycles. The highest BCUT2D eigenvalue weighted by molar-refractivity contribution is 6.30. The number of nitrogens with one attached hydrogen (secondary N) is 2. The Morgan fingerprint density at radius 1 is 1.10 bits per heavy atom. The molecule has 0 bridgehead atoms. The van der Waals surface area contributed by atoms with Gasteiger partial charge >= 0.3 is 0 Å². The summed E-state index contributed by atoms with van der Waals surface area (Å²) < 4.78 is 2.30. The Kier molecular flexibility index (Phi) is 5.95. The predicted molar refractivity (Wildman–Crippen MR) is 125 cm³/mol. The van der Waals surface area contributed by atoms with Crippen LogP contribution in [-0.2, 0) is 6.54 Å². The van der Waals surface area contributed by atoms with Crippen molar-refractivity contribution in [2.24, 2.45) is 0 Å². The highest BCUT2D eigenvalue weighted by Crippen LogP contribution is 2.31. The fourth-order valence-corrected chi connectivity index (χ4v) is 4.38. The summed E-state index contributed by atoms with van der Waals surface area (Å²) in [6.45, 7) is 2.80. The number of benzene rings is 2. The van der Waals surface area contributed by atoms with Gasteiger partial charge in [0.25, 0.3) is 0 Å². The fraction of sp³-hybridized carbons (Fsp3) is 0.261. The van der Waals surface area contributed by atoms with Crippen molar-refractivity contribution in [3.63, 3.8) is 0 Å². The molecule has 5 rings (SSSR count). The number of hydrogen-bond acceptors (Lipinski definition) is 3. The molecule has 0 amide bonds. The number of nitrogens with zero attached hydrogens (tertiary/aromatic N) is 2. The summed E-state index contributed by atoms with van der Waals surface area (Å²) >= 11 is 6.19. The molecule has 2 aromatic heterocycles. The third-order valence-corrected chi connectivity index (χ3v) is 5.77. The number of halogens is 2. The van der Waals surface area contributed by atoms with Crippen LogP contribution in [0.2, 0.25) is 5.02 Å². The summed E-state index contributed by atoms with van der Waals surface area (Å²) in [5.41, 5.74) is 3.42. The summed E-state index contributed by atoms with van der Waals surface area (Å²) in [6.07, 6.45) is 4.63. The third kappa shape index (κ3) is 4.06. The highest BCUT2D eigenvalue weighted by Gasteiger charge is 2.16. The van der Waals surface area contributed by atoms with E-state index in [1.54, 1.807) is 0 Å². The molecule has 4 nitrogen and oxygen atoms in total. The molecule has 0 spiro atoms. The summed E-state index contributed by atoms with van der Waals surface area (Å²) in [5.74, 6) is 0.965. The van der Waals surface area contributed by atoms with E-state index < -0.39 is 0 Å². The topological polar surface area (TPSA) is 41.9 Å². The fourth-order valence-electron chi connectivity index (χ4n) is 4.16. The van der Waals surface area contributed by atoms with Gasteiger partial charge in [-0.15, -0.1) is 12.4 Å². The SMILES string of the molecule is Cl.Clc1cccc(Cn2ccc3c(NC[C@@H]4CCCN4)nc4ccccc4c32)c1. The van der Waals surface area contributed by atoms with Crippen LogP contribution in [-0.4, -0.2) is 28.7 Å². The van der Waals surface area contributed by atoms with Gasteiger partial charge in [0.05, 0.1) is 11.0 Å². The molecule has 1 saturated heterocycles. The molecule has 2 aromatic carbocycles. The molecule has 1 aliphatic rings. The minimum absolute atomic E-state index is 0. The average Bonchev–Trinajstić information content (AvgIpc) is 3.37. The second-order valence-electron chi connectivity index (χ2n) is 7.49. The van der Waals surface area contributed by atoms with Crippen molar-refractivity contribution < 1.29 is 0 Å². The molecule has 6 heteroatoms. The summed E-state index contributed by atoms with van der Waals surface area (Å²) in [6, 6.07) is 19.1. The second kappa shape index (κ2) is 8.62. The quantitative estimate of drug-likeness (QED) is 0.444. The zero-order valence-corrected chi connectivity index (χ0v) is 17.6. The second-order valence-corrected chi connectivity index (χ2v) is 7.92. The van der Waals surface area contributed by atoms with Crippen LogP contribution in [0.15, 0.2) is 60.8 Å². The zero-order chi connectivity index (χ0) is 18.9. The van der Waals surface area contributed by atoms with Crippen LogP contribution in [0.4, 0.5) is 5.82 Å². The number of hydrogen-bond donors (Lipinski definition) is 2. The summed E-state index contributed by atoms with van der Waals surface area (Å²) in [4.78, 5) is 4.93. The minimum Gasteiger partial charge on any atom is -0.368 e. The van der Waals surface area contributed by atoms with E-state index in [1.165, 1.54) is 34.7 Å². The van der Waals surface area contributed by atoms with Crippen molar-refractivity contribution in [2.75, 3.05) is 18.4 Å². The van der Waals surface area contributed by atoms with Gasteiger partial charge in [0.2, 0.25) is 0 Å². The third-order valence-electron chi connectivity index (χ3n) is 5.53. The normalized spacial score (nSPS) is 16.2. The molecule has 1 atom stereocenters. The summed E-state index contributed by atoms with van der Waals surface area (Å²) in [7, 11) is 0. The lowest BCUT2D eigenvalue weighted by molar-refractivity contribution is 0.633. The predicted octanol–water partition coefficient (Wildman–Crippen LogP) is 5.48. The van der Waals surface area contributed by atoms with Crippen LogP contribution in [0.5, 0.6) is 0 Å². The van der Waals surface area contributed by atoms with Crippen LogP contribution in [0.3, 0.4) is 0 Å². The first-order chi connectivity index (χ1) is 13.8. The molecule has 29 heavy (non-hydrogen) atoms. The molecule has 4 aromatic rings. The molecular formula is C23H24Cl2N4. The number of anilines is 1. The van der Waals surface area contributed by atoms with Crippen molar-refractivity contribution in [1.82, 2.24) is 14.9 Å². The molecule has 0 unspecified atom stereocenters. The molecule has 0 radical (unpaired) electrons. The molecule has 0 aliphatic carbocycles. The first-order valence-electron chi connectivity index (χ1n) is 9.87. The average molecular weight is 427 g/mol. The lowest BCUT2D eigenvalue weighted by Gasteiger charge is -2.15. The van der Waals surface area contributed by atoms with Crippen molar-refractivity contribution in [2.45, 2.75) is 25.4 Å². The van der Waals surface area contributed by atoms with E-state index in [2.05, 4.69) is 51.7 Å². The molecule has 0 saturated carbocycles. The van der Waals surface area contributed by atoms with Crippen LogP contribution in [0, 0.1) is 0 Å². The maximum Gasteiger partial charge on any atom is 0.136 e. The van der Waals surface area contributed by atoms with E-state index in [9.17, 15) is 0 Å². The van der Waals surface area contributed by atoms with Gasteiger partial charge in [0.1, 0.15) is 5.82 Å². The number of pyridine rings is 1. The van der Waals surface area contributed by atoms with Gasteiger partial charge in [0, 0.05) is 41.1 Å². The Morgan fingerprint density at radius 3 is 2.83 bits per heavy atom. The van der Waals surface area contributed by atoms with Crippen LogP contribution < -0.4 is 10.6 Å². The molecular weight excluding hydrogens is 403 g/mol. The van der Waals surface area contributed by atoms with E-state index in [0.29, 0.717) is 6.04 Å². The molecule has 3 heterocycles. The Bertz CT molecular complexity index is 1130. The lowest BCUT2D eigenvalue weighted by Crippen LogP contribution is -2.29. The Labute approximate surface area is 181 Å². The zero-order valence-electron chi connectivity index (χ0n) is 16.1. The molecule has 150 valence electrons. The van der Waals surface area contributed by atoms with Crippen molar-refractivity contribution >= 4 is 51.6 Å². The number of para-hydroxylation sites is 1. The lowest BCUT2D eigenvalue weighted by atomic mass is 10.1. The van der Waals surface area contributed by atoms with Gasteiger partial charge in [-0.2, -0.15) is 0 Å². The van der Waals surface area contributed by atoms with Gasteiger partial charge in [-0.1, -0.05) is 41.9 Å². The van der Waals surface area contributed by atoms with E-state index in [4.69, 9.17) is 16.6 Å². The first kappa shape index (κ1) is 20.0. The maximum absolute atomic E-state index is 6.19. The first-order valence-corrected chi connectivity index (χ1v) is 10.2. The van der Waals surface area contributed by atoms with Crippen molar-refractivity contribution in [3.8, 4) is 0 Å². The monoisotopic (exact) mass is 426 g/mol. The van der Waals surface area contributed by atoms with Crippen LogP contribution in [0.25, 0.3) is 21.8 Å². The Morgan fingerprint density at radius 2 is 2.00 bits per heavy atom. The standard InChI is InChI=1S/C23H23ClN4.ClH/c24-17-6-3-5-16(13-17)15-28-12-10-20-22(28)19-8-1-2-9-21(19)27-23(20)26-14-18-7-4-11-25-18;/h1-3,5-6,8-10,12-13,18,25H,4,7,11,14-15H2,(H,26,27);1H/t18-;/m0./s1. The largest absolute Gasteiger partial charge is 0.368 e. The van der Waals surface area contributed by atoms with E-state index >= 15 is 0 Å². The van der Waals surface area contributed by atoms with Crippen molar-refractivity contribution in [1.29, 1.82) is 0 Å². The van der Waals surface area contributed by atoms with Crippen LogP contribution in [0.1, 0.15) is 18.4 Å². The van der Waals surface area contributed by atoms with E-state index in [1.807, 2.05) is 24.3 Å². The Balaban J connectivity index is 0.00000205. The van der Waals surface area contributed by atoms with E-state index in [0.717, 1.165) is 36.0 Å². The maximum atomic E-state index is 6.19. The van der Waals surface area contributed by atoms with Gasteiger partial charge < -0.3 is 15.2 Å². The highest BCUT2D eigenvalue weighted by atomic mass is 35.5. The van der Waals surface area contributed by atoms with Gasteiger partial charge in [-0.05, 0) is 49.2 Å².